The molecule has 40 heavy (non-hydrogen) atoms. The molecule has 2 amide bonds. The molecule has 2 saturated heterocycles. The zero-order valence-electron chi connectivity index (χ0n) is 21.6. The summed E-state index contributed by atoms with van der Waals surface area (Å²) < 4.78 is 77.8. The Morgan fingerprint density at radius 1 is 1.20 bits per heavy atom. The first-order valence-electron chi connectivity index (χ1n) is 12.3. The second-order valence-corrected chi connectivity index (χ2v) is 12.2. The first-order valence-corrected chi connectivity index (χ1v) is 14.2. The molecule has 0 radical (unpaired) electrons. The van der Waals surface area contributed by atoms with E-state index >= 15 is 0 Å². The van der Waals surface area contributed by atoms with Gasteiger partial charge in [0.25, 0.3) is 5.91 Å². The number of carbonyl (C=O) groups excluding carboxylic acids is 2. The van der Waals surface area contributed by atoms with Crippen molar-refractivity contribution in [2.24, 2.45) is 5.92 Å². The number of hydrogen-bond donors (Lipinski definition) is 1. The zero-order valence-corrected chi connectivity index (χ0v) is 22.4. The predicted octanol–water partition coefficient (Wildman–Crippen LogP) is 4.53. The third-order valence-corrected chi connectivity index (χ3v) is 8.22. The van der Waals surface area contributed by atoms with Crippen LogP contribution in [0.25, 0.3) is 0 Å². The highest BCUT2D eigenvalue weighted by molar-refractivity contribution is 8.45. The summed E-state index contributed by atoms with van der Waals surface area (Å²) in [5.41, 5.74) is -0.0370. The Hall–Kier alpha value is -3.48. The number of anilines is 1. The fourth-order valence-corrected chi connectivity index (χ4v) is 5.31. The van der Waals surface area contributed by atoms with Gasteiger partial charge >= 0.3 is 10.2 Å². The Morgan fingerprint density at radius 3 is 2.38 bits per heavy atom. The molecule has 0 aliphatic carbocycles. The van der Waals surface area contributed by atoms with E-state index in [1.807, 2.05) is 6.19 Å². The van der Waals surface area contributed by atoms with E-state index in [1.54, 1.807) is 6.92 Å². The Kier molecular flexibility index (Phi) is 7.50. The third-order valence-electron chi connectivity index (χ3n) is 7.05. The van der Waals surface area contributed by atoms with Crippen molar-refractivity contribution in [3.63, 3.8) is 0 Å². The number of amides is 2. The molecule has 2 aromatic rings. The van der Waals surface area contributed by atoms with Crippen LogP contribution in [-0.4, -0.2) is 66.8 Å². The highest BCUT2D eigenvalue weighted by Crippen LogP contribution is 3.02. The van der Waals surface area contributed by atoms with Crippen molar-refractivity contribution in [1.82, 2.24) is 15.2 Å². The van der Waals surface area contributed by atoms with Gasteiger partial charge in [0, 0.05) is 49.1 Å². The average Bonchev–Trinajstić information content (AvgIpc) is 3.28. The second-order valence-electron chi connectivity index (χ2n) is 9.82. The largest absolute Gasteiger partial charge is 0.381 e. The summed E-state index contributed by atoms with van der Waals surface area (Å²) >= 11 is 0. The zero-order chi connectivity index (χ0) is 29.4. The van der Waals surface area contributed by atoms with Crippen LogP contribution in [-0.2, 0) is 19.1 Å². The van der Waals surface area contributed by atoms with E-state index in [1.165, 1.54) is 31.6 Å². The van der Waals surface area contributed by atoms with Crippen LogP contribution in [0.5, 0.6) is 0 Å². The van der Waals surface area contributed by atoms with Gasteiger partial charge in [-0.15, -0.1) is 0 Å². The summed E-state index contributed by atoms with van der Waals surface area (Å²) in [4.78, 5) is 31.8. The van der Waals surface area contributed by atoms with Gasteiger partial charge in [0.05, 0.1) is 25.9 Å². The number of nitrogens with zero attached hydrogens (tertiary/aromatic N) is 4. The fraction of sp³-hybridized carbons (Fsp3) is 0.440. The molecule has 3 heterocycles. The lowest BCUT2D eigenvalue weighted by molar-refractivity contribution is -0.129. The van der Waals surface area contributed by atoms with Crippen molar-refractivity contribution in [2.75, 3.05) is 31.8 Å². The maximum Gasteiger partial charge on any atom is 0.310 e. The van der Waals surface area contributed by atoms with E-state index in [2.05, 4.69) is 10.3 Å². The summed E-state index contributed by atoms with van der Waals surface area (Å²) in [7, 11) is -8.61. The smallest absolute Gasteiger partial charge is 0.310 e. The minimum atomic E-state index is -10.0. The molecule has 0 spiro atoms. The maximum absolute atomic E-state index is 14.1. The molecule has 218 valence electrons. The number of aromatic nitrogens is 1. The first-order chi connectivity index (χ1) is 18.6. The molecule has 2 aliphatic rings. The SMILES string of the molecule is CO[C@@H]1C[C@H](C(=O)N(c2ccc(S(F)(F)(F)(F)F)cc2)C(C(=O)NC(C)C2COC2)c2cccnc2)N(C#N)C1. The van der Waals surface area contributed by atoms with E-state index in [9.17, 15) is 34.3 Å². The molecule has 4 atom stereocenters. The summed E-state index contributed by atoms with van der Waals surface area (Å²) in [6.07, 6.45) is 4.21. The lowest BCUT2D eigenvalue weighted by atomic mass is 9.98. The molecule has 9 nitrogen and oxygen atoms in total. The number of ether oxygens (including phenoxy) is 2. The van der Waals surface area contributed by atoms with Gasteiger partial charge in [0.2, 0.25) is 5.91 Å². The number of nitriles is 1. The highest BCUT2D eigenvalue weighted by atomic mass is 32.5. The minimum absolute atomic E-state index is 0.00537. The molecule has 15 heteroatoms. The van der Waals surface area contributed by atoms with Crippen molar-refractivity contribution < 1.29 is 38.5 Å². The standard InChI is InChI=1S/C25H28F5N5O4S/c1-16(18-13-39-14-18)33-24(36)23(17-4-3-9-32-11-17)35(25(37)22-10-20(38-2)12-34(22)15-31)19-5-7-21(8-6-19)40(26,27,28,29)30/h3-9,11,16,18,20,22-23H,10,12-14H2,1-2H3,(H,33,36)/t16?,20-,22-,23?/m1/s1. The molecular formula is C25H28F5N5O4S. The number of methoxy groups -OCH3 is 1. The monoisotopic (exact) mass is 589 g/mol. The molecule has 1 N–H and O–H groups in total. The van der Waals surface area contributed by atoms with Gasteiger partial charge in [-0.2, -0.15) is 5.26 Å². The van der Waals surface area contributed by atoms with Gasteiger partial charge in [-0.25, -0.2) is 0 Å². The van der Waals surface area contributed by atoms with Crippen LogP contribution >= 0.6 is 10.2 Å². The summed E-state index contributed by atoms with van der Waals surface area (Å²) in [6, 6.07) is 1.83. The Balaban J connectivity index is 1.82. The van der Waals surface area contributed by atoms with Crippen molar-refractivity contribution in [3.8, 4) is 6.19 Å². The molecule has 4 rings (SSSR count). The first kappa shape index (κ1) is 29.5. The van der Waals surface area contributed by atoms with Crippen molar-refractivity contribution in [3.05, 3.63) is 54.4 Å². The van der Waals surface area contributed by atoms with Gasteiger partial charge in [-0.3, -0.25) is 24.4 Å². The average molecular weight is 590 g/mol. The lowest BCUT2D eigenvalue weighted by Crippen LogP contribution is -2.53. The Morgan fingerprint density at radius 2 is 1.88 bits per heavy atom. The third kappa shape index (κ3) is 6.29. The summed E-state index contributed by atoms with van der Waals surface area (Å²) in [5.74, 6) is -1.47. The number of benzene rings is 1. The van der Waals surface area contributed by atoms with Crippen LogP contribution in [0.15, 0.2) is 53.7 Å². The topological polar surface area (TPSA) is 108 Å². The maximum atomic E-state index is 14.1. The molecule has 0 bridgehead atoms. The highest BCUT2D eigenvalue weighted by Gasteiger charge is 2.65. The number of halogens is 5. The molecular weight excluding hydrogens is 561 g/mol. The fourth-order valence-electron chi connectivity index (χ4n) is 4.66. The quantitative estimate of drug-likeness (QED) is 0.338. The molecule has 0 saturated carbocycles. The lowest BCUT2D eigenvalue weighted by Gasteiger charge is -2.41. The van der Waals surface area contributed by atoms with Crippen molar-refractivity contribution in [1.29, 1.82) is 5.26 Å². The van der Waals surface area contributed by atoms with Crippen LogP contribution in [0.2, 0.25) is 0 Å². The van der Waals surface area contributed by atoms with Crippen LogP contribution < -0.4 is 10.2 Å². The van der Waals surface area contributed by atoms with Crippen LogP contribution in [0.3, 0.4) is 0 Å². The number of likely N-dealkylation sites (tertiary alicyclic amines) is 1. The van der Waals surface area contributed by atoms with Crippen molar-refractivity contribution >= 4 is 27.7 Å². The van der Waals surface area contributed by atoms with Crippen LogP contribution in [0, 0.1) is 17.4 Å². The number of carbonyl (C=O) groups is 2. The normalized spacial score (nSPS) is 22.7. The van der Waals surface area contributed by atoms with E-state index < -0.39 is 45.1 Å². The number of hydrogen-bond acceptors (Lipinski definition) is 7. The molecule has 1 aromatic carbocycles. The molecule has 2 fully saturated rings. The molecule has 2 unspecified atom stereocenters. The van der Waals surface area contributed by atoms with E-state index in [0.29, 0.717) is 25.3 Å². The number of nitrogens with one attached hydrogen (secondary N) is 1. The van der Waals surface area contributed by atoms with Gasteiger partial charge in [-0.05, 0) is 37.3 Å². The van der Waals surface area contributed by atoms with E-state index in [0.717, 1.165) is 9.80 Å². The van der Waals surface area contributed by atoms with Crippen molar-refractivity contribution in [2.45, 2.75) is 42.5 Å². The minimum Gasteiger partial charge on any atom is -0.381 e. The predicted molar refractivity (Wildman–Crippen MR) is 136 cm³/mol. The molecule has 1 aromatic heterocycles. The number of pyridine rings is 1. The van der Waals surface area contributed by atoms with Gasteiger partial charge < -0.3 is 14.8 Å². The molecule has 2 aliphatic heterocycles. The van der Waals surface area contributed by atoms with Gasteiger partial charge in [0.1, 0.15) is 17.0 Å². The van der Waals surface area contributed by atoms with Gasteiger partial charge in [0.15, 0.2) is 6.19 Å². The second kappa shape index (κ2) is 10.2. The summed E-state index contributed by atoms with van der Waals surface area (Å²) in [6.45, 7) is 2.64. The van der Waals surface area contributed by atoms with Gasteiger partial charge in [-0.1, -0.05) is 25.5 Å². The number of rotatable bonds is 9. The van der Waals surface area contributed by atoms with Crippen LogP contribution in [0.1, 0.15) is 24.9 Å². The van der Waals surface area contributed by atoms with E-state index in [-0.39, 0.29) is 48.3 Å². The Bertz CT molecular complexity index is 1290. The van der Waals surface area contributed by atoms with E-state index in [4.69, 9.17) is 9.47 Å². The summed E-state index contributed by atoms with van der Waals surface area (Å²) in [5, 5.41) is 12.5. The Labute approximate surface area is 227 Å². The van der Waals surface area contributed by atoms with Crippen LogP contribution in [0.4, 0.5) is 25.1 Å².